The predicted octanol–water partition coefficient (Wildman–Crippen LogP) is 2.44. The van der Waals surface area contributed by atoms with E-state index >= 15 is 0 Å². The highest BCUT2D eigenvalue weighted by atomic mass is 32.1. The molecular formula is C11H14F3N3O2S. The van der Waals surface area contributed by atoms with Gasteiger partial charge in [0.15, 0.2) is 10.8 Å². The monoisotopic (exact) mass is 309 g/mol. The van der Waals surface area contributed by atoms with Gasteiger partial charge < -0.3 is 10.4 Å². The molecule has 0 bridgehead atoms. The van der Waals surface area contributed by atoms with Crippen molar-refractivity contribution in [3.05, 3.63) is 11.1 Å². The Morgan fingerprint density at radius 2 is 2.25 bits per heavy atom. The minimum atomic E-state index is -4.51. The average molecular weight is 309 g/mol. The molecule has 1 aliphatic rings. The Labute approximate surface area is 117 Å². The van der Waals surface area contributed by atoms with Crippen molar-refractivity contribution in [2.24, 2.45) is 5.92 Å². The number of nitrogens with zero attached hydrogens (tertiary/aromatic N) is 1. The molecule has 1 fully saturated rings. The highest BCUT2D eigenvalue weighted by Crippen LogP contribution is 2.31. The molecule has 5 nitrogen and oxygen atoms in total. The number of nitrogens with one attached hydrogen (secondary N) is 2. The number of halogens is 3. The third kappa shape index (κ3) is 3.83. The van der Waals surface area contributed by atoms with Gasteiger partial charge in [0.25, 0.3) is 0 Å². The maximum absolute atomic E-state index is 12.3. The lowest BCUT2D eigenvalue weighted by Crippen LogP contribution is -2.36. The zero-order valence-corrected chi connectivity index (χ0v) is 11.2. The van der Waals surface area contributed by atoms with Gasteiger partial charge in [0.1, 0.15) is 0 Å². The van der Waals surface area contributed by atoms with Gasteiger partial charge in [-0.3, -0.25) is 5.32 Å². The summed E-state index contributed by atoms with van der Waals surface area (Å²) < 4.78 is 37.0. The lowest BCUT2D eigenvalue weighted by Gasteiger charge is -2.12. The second-order valence-electron chi connectivity index (χ2n) is 4.69. The fourth-order valence-electron chi connectivity index (χ4n) is 2.15. The smallest absolute Gasteiger partial charge is 0.396 e. The van der Waals surface area contributed by atoms with Crippen molar-refractivity contribution >= 4 is 22.5 Å². The van der Waals surface area contributed by atoms with Crippen molar-refractivity contribution < 1.29 is 23.1 Å². The van der Waals surface area contributed by atoms with Crippen LogP contribution in [0.2, 0.25) is 0 Å². The van der Waals surface area contributed by atoms with Gasteiger partial charge in [-0.05, 0) is 25.2 Å². The Morgan fingerprint density at radius 3 is 2.80 bits per heavy atom. The zero-order valence-electron chi connectivity index (χ0n) is 10.4. The first kappa shape index (κ1) is 15.0. The lowest BCUT2D eigenvalue weighted by atomic mass is 10.1. The number of thiazole rings is 1. The quantitative estimate of drug-likeness (QED) is 0.803. The number of urea groups is 1. The van der Waals surface area contributed by atoms with E-state index in [4.69, 9.17) is 5.11 Å². The fraction of sp³-hybridized carbons (Fsp3) is 0.636. The van der Waals surface area contributed by atoms with E-state index < -0.39 is 17.9 Å². The number of anilines is 1. The summed E-state index contributed by atoms with van der Waals surface area (Å²) in [5.41, 5.74) is -1.01. The van der Waals surface area contributed by atoms with Crippen LogP contribution in [0, 0.1) is 5.92 Å². The van der Waals surface area contributed by atoms with Crippen LogP contribution < -0.4 is 10.6 Å². The molecule has 1 heterocycles. The lowest BCUT2D eigenvalue weighted by molar-refractivity contribution is -0.140. The Morgan fingerprint density at radius 1 is 1.50 bits per heavy atom. The van der Waals surface area contributed by atoms with Crippen molar-refractivity contribution in [2.45, 2.75) is 31.5 Å². The summed E-state index contributed by atoms with van der Waals surface area (Å²) in [6.45, 7) is 0.0845. The van der Waals surface area contributed by atoms with E-state index in [0.29, 0.717) is 6.42 Å². The van der Waals surface area contributed by atoms with E-state index in [1.165, 1.54) is 0 Å². The summed E-state index contributed by atoms with van der Waals surface area (Å²) in [5.74, 6) is 0.178. The van der Waals surface area contributed by atoms with Crippen LogP contribution in [0.4, 0.5) is 23.1 Å². The first-order valence-electron chi connectivity index (χ1n) is 6.09. The maximum Gasteiger partial charge on any atom is 0.434 e. The van der Waals surface area contributed by atoms with Crippen LogP contribution in [0.1, 0.15) is 25.0 Å². The minimum Gasteiger partial charge on any atom is -0.396 e. The number of aliphatic hydroxyl groups excluding tert-OH is 1. The number of aromatic nitrogens is 1. The Balaban J connectivity index is 1.84. The molecule has 0 aliphatic heterocycles. The van der Waals surface area contributed by atoms with Crippen LogP contribution in [-0.4, -0.2) is 28.8 Å². The van der Waals surface area contributed by atoms with Crippen molar-refractivity contribution in [3.8, 4) is 0 Å². The van der Waals surface area contributed by atoms with Gasteiger partial charge in [0, 0.05) is 18.0 Å². The van der Waals surface area contributed by atoms with Gasteiger partial charge in [-0.2, -0.15) is 13.2 Å². The van der Waals surface area contributed by atoms with Crippen molar-refractivity contribution in [3.63, 3.8) is 0 Å². The first-order valence-corrected chi connectivity index (χ1v) is 6.97. The number of carbonyl (C=O) groups is 1. The predicted molar refractivity (Wildman–Crippen MR) is 67.5 cm³/mol. The molecule has 1 aliphatic carbocycles. The number of amides is 2. The first-order chi connectivity index (χ1) is 9.38. The summed E-state index contributed by atoms with van der Waals surface area (Å²) in [6.07, 6.45) is -2.25. The fourth-order valence-corrected chi connectivity index (χ4v) is 2.86. The average Bonchev–Trinajstić information content (AvgIpc) is 2.97. The number of rotatable bonds is 3. The molecular weight excluding hydrogens is 295 g/mol. The largest absolute Gasteiger partial charge is 0.434 e. The molecule has 1 saturated carbocycles. The number of aliphatic hydroxyl groups is 1. The highest BCUT2D eigenvalue weighted by Gasteiger charge is 2.34. The molecule has 3 N–H and O–H groups in total. The SMILES string of the molecule is O=C(Nc1nc(C(F)(F)F)cs1)N[C@H]1CC[C@@H](CO)C1. The molecule has 0 aromatic carbocycles. The molecule has 2 atom stereocenters. The molecule has 2 amide bonds. The molecule has 0 radical (unpaired) electrons. The molecule has 0 saturated heterocycles. The van der Waals surface area contributed by atoms with Crippen LogP contribution in [0.3, 0.4) is 0 Å². The van der Waals surface area contributed by atoms with Gasteiger partial charge in [0.2, 0.25) is 0 Å². The standard InChI is InChI=1S/C11H14F3N3O2S/c12-11(13,14)8-5-20-10(16-8)17-9(19)15-7-2-1-6(3-7)4-18/h5-7,18H,1-4H2,(H2,15,16,17,19)/t6-,7+/m1/s1. The number of hydrogen-bond acceptors (Lipinski definition) is 4. The Hall–Kier alpha value is -1.35. The van der Waals surface area contributed by atoms with Crippen molar-refractivity contribution in [1.29, 1.82) is 0 Å². The van der Waals surface area contributed by atoms with E-state index in [0.717, 1.165) is 29.6 Å². The summed E-state index contributed by atoms with van der Waals surface area (Å²) in [7, 11) is 0. The van der Waals surface area contributed by atoms with Crippen LogP contribution >= 0.6 is 11.3 Å². The molecule has 1 aromatic heterocycles. The number of hydrogen-bond donors (Lipinski definition) is 3. The molecule has 1 aromatic rings. The number of carbonyl (C=O) groups excluding carboxylic acids is 1. The van der Waals surface area contributed by atoms with E-state index in [2.05, 4.69) is 15.6 Å². The van der Waals surface area contributed by atoms with Gasteiger partial charge in [0.05, 0.1) is 0 Å². The zero-order chi connectivity index (χ0) is 14.8. The minimum absolute atomic E-state index is 0.0609. The van der Waals surface area contributed by atoms with Crippen molar-refractivity contribution in [2.75, 3.05) is 11.9 Å². The van der Waals surface area contributed by atoms with E-state index in [1.807, 2.05) is 0 Å². The van der Waals surface area contributed by atoms with Gasteiger partial charge in [-0.25, -0.2) is 9.78 Å². The van der Waals surface area contributed by atoms with E-state index in [-0.39, 0.29) is 23.7 Å². The van der Waals surface area contributed by atoms with E-state index in [1.54, 1.807) is 0 Å². The van der Waals surface area contributed by atoms with Crippen LogP contribution in [-0.2, 0) is 6.18 Å². The van der Waals surface area contributed by atoms with Crippen LogP contribution in [0.25, 0.3) is 0 Å². The summed E-state index contributed by atoms with van der Waals surface area (Å²) >= 11 is 0.725. The van der Waals surface area contributed by atoms with Crippen LogP contribution in [0.5, 0.6) is 0 Å². The molecule has 20 heavy (non-hydrogen) atoms. The molecule has 0 unspecified atom stereocenters. The molecule has 112 valence electrons. The van der Waals surface area contributed by atoms with Gasteiger partial charge in [-0.1, -0.05) is 0 Å². The number of alkyl halides is 3. The second-order valence-corrected chi connectivity index (χ2v) is 5.55. The summed E-state index contributed by atoms with van der Waals surface area (Å²) in [4.78, 5) is 14.9. The third-order valence-electron chi connectivity index (χ3n) is 3.15. The Kier molecular flexibility index (Phi) is 4.48. The summed E-state index contributed by atoms with van der Waals surface area (Å²) in [6, 6.07) is -0.633. The topological polar surface area (TPSA) is 74.2 Å². The molecule has 2 rings (SSSR count). The van der Waals surface area contributed by atoms with Crippen molar-refractivity contribution in [1.82, 2.24) is 10.3 Å². The third-order valence-corrected chi connectivity index (χ3v) is 3.91. The normalized spacial score (nSPS) is 22.8. The van der Waals surface area contributed by atoms with Gasteiger partial charge in [-0.15, -0.1) is 11.3 Å². The maximum atomic E-state index is 12.3. The Bertz CT molecular complexity index is 478. The van der Waals surface area contributed by atoms with E-state index in [9.17, 15) is 18.0 Å². The summed E-state index contributed by atoms with van der Waals surface area (Å²) in [5, 5.41) is 14.7. The molecule has 0 spiro atoms. The van der Waals surface area contributed by atoms with Gasteiger partial charge >= 0.3 is 12.2 Å². The highest BCUT2D eigenvalue weighted by molar-refractivity contribution is 7.13. The van der Waals surface area contributed by atoms with Crippen LogP contribution in [0.15, 0.2) is 5.38 Å². The second kappa shape index (κ2) is 5.96. The molecule has 9 heteroatoms.